The van der Waals surface area contributed by atoms with Gasteiger partial charge in [0.15, 0.2) is 23.0 Å². The molecule has 0 aliphatic rings. The van der Waals surface area contributed by atoms with Crippen molar-refractivity contribution in [2.75, 3.05) is 33.5 Å². The van der Waals surface area contributed by atoms with Gasteiger partial charge in [0.2, 0.25) is 0 Å². The van der Waals surface area contributed by atoms with Crippen molar-refractivity contribution in [2.45, 2.75) is 52.9 Å². The van der Waals surface area contributed by atoms with Gasteiger partial charge < -0.3 is 33.2 Å². The van der Waals surface area contributed by atoms with Crippen LogP contribution < -0.4 is 18.9 Å². The number of carbonyl (C=O) groups excluding carboxylic acids is 3. The van der Waals surface area contributed by atoms with Crippen LogP contribution in [0, 0.1) is 0 Å². The molecular formula is C32H40N2O10. The van der Waals surface area contributed by atoms with E-state index in [2.05, 4.69) is 16.8 Å². The van der Waals surface area contributed by atoms with Crippen LogP contribution in [0.3, 0.4) is 0 Å². The smallest absolute Gasteiger partial charge is 0.493 e. The molecule has 0 fully saturated rings. The Labute approximate surface area is 257 Å². The van der Waals surface area contributed by atoms with Crippen molar-refractivity contribution in [2.24, 2.45) is 10.2 Å². The molecule has 2 aromatic carbocycles. The van der Waals surface area contributed by atoms with E-state index in [1.807, 2.05) is 13.8 Å². The summed E-state index contributed by atoms with van der Waals surface area (Å²) in [4.78, 5) is 35.3. The fraction of sp³-hybridized carbons (Fsp3) is 0.406. The lowest BCUT2D eigenvalue weighted by Crippen LogP contribution is -2.13. The van der Waals surface area contributed by atoms with Crippen molar-refractivity contribution in [3.05, 3.63) is 60.2 Å². The second-order valence-electron chi connectivity index (χ2n) is 9.11. The third-order valence-electron chi connectivity index (χ3n) is 5.70. The normalized spacial score (nSPS) is 11.0. The molecule has 12 heteroatoms. The Morgan fingerprint density at radius 3 is 2.09 bits per heavy atom. The lowest BCUT2D eigenvalue weighted by molar-refractivity contribution is -0.142. The lowest BCUT2D eigenvalue weighted by Gasteiger charge is -2.12. The first-order valence-electron chi connectivity index (χ1n) is 14.3. The van der Waals surface area contributed by atoms with E-state index in [-0.39, 0.29) is 43.7 Å². The Bertz CT molecular complexity index is 1310. The van der Waals surface area contributed by atoms with Crippen LogP contribution in [0.15, 0.2) is 59.3 Å². The molecule has 0 aromatic heterocycles. The Kier molecular flexibility index (Phi) is 16.1. The monoisotopic (exact) mass is 612 g/mol. The van der Waals surface area contributed by atoms with Gasteiger partial charge in [-0.1, -0.05) is 19.4 Å². The van der Waals surface area contributed by atoms with E-state index in [0.29, 0.717) is 47.8 Å². The predicted molar refractivity (Wildman–Crippen MR) is 164 cm³/mol. The summed E-state index contributed by atoms with van der Waals surface area (Å²) in [5.41, 5.74) is 1.94. The summed E-state index contributed by atoms with van der Waals surface area (Å²) in [6, 6.07) is 9.92. The number of ether oxygens (including phenoxy) is 7. The number of hydrogen-bond acceptors (Lipinski definition) is 12. The number of benzene rings is 2. The number of methoxy groups -OCH3 is 1. The van der Waals surface area contributed by atoms with Gasteiger partial charge in [0.1, 0.15) is 0 Å². The molecule has 0 unspecified atom stereocenters. The highest BCUT2D eigenvalue weighted by molar-refractivity contribution is 5.99. The molecule has 0 aliphatic carbocycles. The number of rotatable bonds is 18. The summed E-state index contributed by atoms with van der Waals surface area (Å²) in [6.07, 6.45) is 4.17. The van der Waals surface area contributed by atoms with Gasteiger partial charge in [0, 0.05) is 5.56 Å². The molecule has 0 bridgehead atoms. The standard InChI is InChI=1S/C32H40N2O10/c1-6-9-17-41-31(36)44-27-16-14-25(21-29(27)39-8-3)23(4)34-33-22-24-13-15-26(28(20-24)38-5)43-32(37)42-19-11-10-18-40-30(35)12-7-2/h7,13-16,20-22H,2,6,8-12,17-19H2,1,3-5H3. The fourth-order valence-corrected chi connectivity index (χ4v) is 3.44. The van der Waals surface area contributed by atoms with Crippen molar-refractivity contribution in [3.8, 4) is 23.0 Å². The molecule has 0 radical (unpaired) electrons. The van der Waals surface area contributed by atoms with Gasteiger partial charge in [-0.15, -0.1) is 6.58 Å². The van der Waals surface area contributed by atoms with Crippen molar-refractivity contribution >= 4 is 30.2 Å². The zero-order valence-electron chi connectivity index (χ0n) is 25.7. The summed E-state index contributed by atoms with van der Waals surface area (Å²) in [5, 5.41) is 8.40. The number of carbonyl (C=O) groups is 3. The molecule has 0 saturated heterocycles. The highest BCUT2D eigenvalue weighted by Crippen LogP contribution is 2.30. The van der Waals surface area contributed by atoms with Gasteiger partial charge in [-0.2, -0.15) is 10.2 Å². The maximum Gasteiger partial charge on any atom is 0.513 e. The third-order valence-corrected chi connectivity index (χ3v) is 5.70. The fourth-order valence-electron chi connectivity index (χ4n) is 3.44. The third kappa shape index (κ3) is 13.0. The molecule has 0 N–H and O–H groups in total. The van der Waals surface area contributed by atoms with Crippen molar-refractivity contribution in [1.82, 2.24) is 0 Å². The summed E-state index contributed by atoms with van der Waals surface area (Å²) < 4.78 is 36.7. The average Bonchev–Trinajstić information content (AvgIpc) is 3.00. The first-order chi connectivity index (χ1) is 21.3. The molecule has 238 valence electrons. The first-order valence-corrected chi connectivity index (χ1v) is 14.3. The minimum absolute atomic E-state index is 0.107. The molecule has 44 heavy (non-hydrogen) atoms. The Hall–Kier alpha value is -4.87. The van der Waals surface area contributed by atoms with Crippen LogP contribution in [0.4, 0.5) is 9.59 Å². The van der Waals surface area contributed by atoms with Crippen LogP contribution in [0.2, 0.25) is 0 Å². The molecule has 12 nitrogen and oxygen atoms in total. The highest BCUT2D eigenvalue weighted by atomic mass is 16.7. The summed E-state index contributed by atoms with van der Waals surface area (Å²) in [6.45, 7) is 10.1. The summed E-state index contributed by atoms with van der Waals surface area (Å²) in [5.74, 6) is 0.742. The number of unbranched alkanes of at least 4 members (excludes halogenated alkanes) is 2. The van der Waals surface area contributed by atoms with E-state index in [0.717, 1.165) is 12.8 Å². The van der Waals surface area contributed by atoms with Gasteiger partial charge in [0.05, 0.1) is 51.9 Å². The first kappa shape index (κ1) is 35.3. The van der Waals surface area contributed by atoms with E-state index < -0.39 is 12.3 Å². The van der Waals surface area contributed by atoms with Crippen LogP contribution in [0.5, 0.6) is 23.0 Å². The molecule has 0 heterocycles. The second kappa shape index (κ2) is 20.1. The number of esters is 1. The van der Waals surface area contributed by atoms with Gasteiger partial charge in [-0.05, 0) is 75.1 Å². The molecule has 0 spiro atoms. The Morgan fingerprint density at radius 1 is 0.818 bits per heavy atom. The van der Waals surface area contributed by atoms with Crippen LogP contribution in [0.25, 0.3) is 0 Å². The molecule has 0 aliphatic heterocycles. The molecular weight excluding hydrogens is 572 g/mol. The maximum absolute atomic E-state index is 12.1. The van der Waals surface area contributed by atoms with Crippen LogP contribution in [0.1, 0.15) is 64.0 Å². The zero-order valence-corrected chi connectivity index (χ0v) is 25.7. The minimum atomic E-state index is -0.884. The second-order valence-corrected chi connectivity index (χ2v) is 9.11. The molecule has 2 aromatic rings. The Morgan fingerprint density at radius 2 is 1.45 bits per heavy atom. The molecule has 0 amide bonds. The van der Waals surface area contributed by atoms with E-state index in [1.165, 1.54) is 19.4 Å². The van der Waals surface area contributed by atoms with Gasteiger partial charge in [-0.3, -0.25) is 4.79 Å². The van der Waals surface area contributed by atoms with E-state index in [4.69, 9.17) is 33.2 Å². The van der Waals surface area contributed by atoms with Crippen molar-refractivity contribution < 1.29 is 47.5 Å². The molecule has 0 atom stereocenters. The SMILES string of the molecule is C=CCC(=O)OCCCCOC(=O)Oc1ccc(C=NN=C(C)c2ccc(OC(=O)OCCCC)c(OCC)c2)cc1OC. The van der Waals surface area contributed by atoms with Gasteiger partial charge in [-0.25, -0.2) is 9.59 Å². The van der Waals surface area contributed by atoms with E-state index in [9.17, 15) is 14.4 Å². The van der Waals surface area contributed by atoms with E-state index in [1.54, 1.807) is 43.3 Å². The quantitative estimate of drug-likeness (QED) is 0.0341. The van der Waals surface area contributed by atoms with Crippen LogP contribution >= 0.6 is 0 Å². The van der Waals surface area contributed by atoms with Gasteiger partial charge >= 0.3 is 18.3 Å². The summed E-state index contributed by atoms with van der Waals surface area (Å²) in [7, 11) is 1.44. The maximum atomic E-state index is 12.1. The van der Waals surface area contributed by atoms with Gasteiger partial charge in [0.25, 0.3) is 0 Å². The lowest BCUT2D eigenvalue weighted by atomic mass is 10.1. The zero-order chi connectivity index (χ0) is 32.2. The Balaban J connectivity index is 1.95. The summed E-state index contributed by atoms with van der Waals surface area (Å²) >= 11 is 0. The molecule has 0 saturated carbocycles. The van der Waals surface area contributed by atoms with Crippen LogP contribution in [-0.4, -0.2) is 63.7 Å². The van der Waals surface area contributed by atoms with Crippen molar-refractivity contribution in [3.63, 3.8) is 0 Å². The number of hydrogen-bond donors (Lipinski definition) is 0. The molecule has 2 rings (SSSR count). The van der Waals surface area contributed by atoms with Crippen LogP contribution in [-0.2, 0) is 19.0 Å². The van der Waals surface area contributed by atoms with E-state index >= 15 is 0 Å². The predicted octanol–water partition coefficient (Wildman–Crippen LogP) is 6.67. The topological polar surface area (TPSA) is 141 Å². The highest BCUT2D eigenvalue weighted by Gasteiger charge is 2.14. The minimum Gasteiger partial charge on any atom is -0.493 e. The largest absolute Gasteiger partial charge is 0.513 e. The van der Waals surface area contributed by atoms with Crippen molar-refractivity contribution in [1.29, 1.82) is 0 Å². The average molecular weight is 613 g/mol. The number of nitrogens with zero attached hydrogens (tertiary/aromatic N) is 2.